The Morgan fingerprint density at radius 1 is 1.27 bits per heavy atom. The molecule has 0 aliphatic carbocycles. The second-order valence-corrected chi connectivity index (χ2v) is 4.56. The molecule has 0 radical (unpaired) electrons. The van der Waals surface area contributed by atoms with Crippen LogP contribution < -0.4 is 0 Å². The van der Waals surface area contributed by atoms with Gasteiger partial charge < -0.3 is 0 Å². The molecule has 1 heteroatoms. The van der Waals surface area contributed by atoms with Crippen LogP contribution in [0.3, 0.4) is 0 Å². The van der Waals surface area contributed by atoms with Crippen molar-refractivity contribution < 1.29 is 0 Å². The first-order valence-corrected chi connectivity index (χ1v) is 6.15. The highest BCUT2D eigenvalue weighted by atomic mass is 32.2. The Labute approximate surface area is 97.1 Å². The fourth-order valence-corrected chi connectivity index (χ4v) is 1.99. The number of rotatable bonds is 4. The van der Waals surface area contributed by atoms with Crippen LogP contribution >= 0.6 is 11.8 Å². The summed E-state index contributed by atoms with van der Waals surface area (Å²) in [6, 6.07) is 8.64. The van der Waals surface area contributed by atoms with E-state index >= 15 is 0 Å². The molecule has 0 saturated carbocycles. The molecule has 0 aliphatic heterocycles. The number of allylic oxidation sites excluding steroid dienone is 3. The third kappa shape index (κ3) is 4.39. The van der Waals surface area contributed by atoms with Gasteiger partial charge in [-0.1, -0.05) is 54.6 Å². The van der Waals surface area contributed by atoms with E-state index in [9.17, 15) is 0 Å². The van der Waals surface area contributed by atoms with Gasteiger partial charge in [0, 0.05) is 9.80 Å². The van der Waals surface area contributed by atoms with Crippen molar-refractivity contribution in [3.63, 3.8) is 0 Å². The van der Waals surface area contributed by atoms with Crippen molar-refractivity contribution in [2.75, 3.05) is 0 Å². The molecule has 0 nitrogen and oxygen atoms in total. The lowest BCUT2D eigenvalue weighted by molar-refractivity contribution is 1.22. The maximum absolute atomic E-state index is 2.19. The van der Waals surface area contributed by atoms with E-state index in [0.717, 1.165) is 6.42 Å². The van der Waals surface area contributed by atoms with Crippen molar-refractivity contribution in [3.8, 4) is 0 Å². The zero-order valence-electron chi connectivity index (χ0n) is 9.66. The molecule has 0 aliphatic rings. The molecule has 1 aromatic carbocycles. The third-order valence-electron chi connectivity index (χ3n) is 2.06. The predicted octanol–water partition coefficient (Wildman–Crippen LogP) is 4.96. The van der Waals surface area contributed by atoms with Gasteiger partial charge in [-0.15, -0.1) is 0 Å². The summed E-state index contributed by atoms with van der Waals surface area (Å²) in [5.41, 5.74) is 1.31. The molecule has 15 heavy (non-hydrogen) atoms. The van der Waals surface area contributed by atoms with Crippen molar-refractivity contribution >= 4 is 11.8 Å². The summed E-state index contributed by atoms with van der Waals surface area (Å²) < 4.78 is 0. The van der Waals surface area contributed by atoms with E-state index in [2.05, 4.69) is 63.3 Å². The van der Waals surface area contributed by atoms with Crippen LogP contribution in [0.1, 0.15) is 25.8 Å². The summed E-state index contributed by atoms with van der Waals surface area (Å²) in [4.78, 5) is 2.61. The summed E-state index contributed by atoms with van der Waals surface area (Å²) >= 11 is 1.81. The third-order valence-corrected chi connectivity index (χ3v) is 3.17. The first-order valence-electron chi connectivity index (χ1n) is 5.33. The van der Waals surface area contributed by atoms with Crippen LogP contribution in [0, 0.1) is 6.92 Å². The van der Waals surface area contributed by atoms with Gasteiger partial charge in [-0.05, 0) is 32.4 Å². The molecule has 0 aromatic heterocycles. The molecule has 0 N–H and O–H groups in total. The fourth-order valence-electron chi connectivity index (χ4n) is 1.17. The van der Waals surface area contributed by atoms with Gasteiger partial charge in [-0.2, -0.15) is 0 Å². The van der Waals surface area contributed by atoms with E-state index in [1.165, 1.54) is 15.4 Å². The average molecular weight is 218 g/mol. The Morgan fingerprint density at radius 2 is 1.93 bits per heavy atom. The second kappa shape index (κ2) is 6.52. The summed E-state index contributed by atoms with van der Waals surface area (Å²) in [7, 11) is 0. The van der Waals surface area contributed by atoms with Gasteiger partial charge in [0.25, 0.3) is 0 Å². The number of benzene rings is 1. The first-order chi connectivity index (χ1) is 7.26. The topological polar surface area (TPSA) is 0 Å². The van der Waals surface area contributed by atoms with Gasteiger partial charge in [0.1, 0.15) is 0 Å². The van der Waals surface area contributed by atoms with Crippen LogP contribution in [0.2, 0.25) is 0 Å². The van der Waals surface area contributed by atoms with Crippen LogP contribution in [0.5, 0.6) is 0 Å². The molecule has 0 spiro atoms. The molecular weight excluding hydrogens is 200 g/mol. The summed E-state index contributed by atoms with van der Waals surface area (Å²) in [6.07, 6.45) is 7.61. The molecule has 1 aromatic rings. The van der Waals surface area contributed by atoms with E-state index < -0.39 is 0 Å². The minimum absolute atomic E-state index is 1.09. The van der Waals surface area contributed by atoms with Gasteiger partial charge in [0.15, 0.2) is 0 Å². The molecule has 0 amide bonds. The molecule has 0 heterocycles. The number of thioether (sulfide) groups is 1. The van der Waals surface area contributed by atoms with Gasteiger partial charge >= 0.3 is 0 Å². The Morgan fingerprint density at radius 3 is 2.47 bits per heavy atom. The molecular formula is C14H18S. The van der Waals surface area contributed by atoms with Crippen LogP contribution in [-0.4, -0.2) is 0 Å². The van der Waals surface area contributed by atoms with E-state index in [-0.39, 0.29) is 0 Å². The summed E-state index contributed by atoms with van der Waals surface area (Å²) in [6.45, 7) is 6.35. The highest BCUT2D eigenvalue weighted by molar-refractivity contribution is 8.03. The van der Waals surface area contributed by atoms with Crippen LogP contribution in [-0.2, 0) is 0 Å². The molecule has 0 atom stereocenters. The van der Waals surface area contributed by atoms with Gasteiger partial charge in [0.05, 0.1) is 0 Å². The molecule has 0 unspecified atom stereocenters. The largest absolute Gasteiger partial charge is 0.0905 e. The van der Waals surface area contributed by atoms with E-state index in [1.807, 2.05) is 11.8 Å². The first kappa shape index (κ1) is 12.1. The molecule has 0 fully saturated rings. The lowest BCUT2D eigenvalue weighted by atomic mass is 10.2. The van der Waals surface area contributed by atoms with Crippen molar-refractivity contribution in [3.05, 3.63) is 53.0 Å². The summed E-state index contributed by atoms with van der Waals surface area (Å²) in [5.74, 6) is 0. The Hall–Kier alpha value is -0.950. The highest BCUT2D eigenvalue weighted by Gasteiger charge is 1.95. The molecule has 0 bridgehead atoms. The Kier molecular flexibility index (Phi) is 5.27. The molecule has 0 saturated heterocycles. The number of aryl methyl sites for hydroxylation is 1. The molecule has 1 rings (SSSR count). The lowest BCUT2D eigenvalue weighted by Gasteiger charge is -2.02. The number of hydrogen-bond acceptors (Lipinski definition) is 1. The fraction of sp³-hybridized carbons (Fsp3) is 0.286. The van der Waals surface area contributed by atoms with Crippen molar-refractivity contribution in [2.45, 2.75) is 32.1 Å². The normalized spacial score (nSPS) is 12.3. The minimum Gasteiger partial charge on any atom is -0.0905 e. The predicted molar refractivity (Wildman–Crippen MR) is 70.2 cm³/mol. The van der Waals surface area contributed by atoms with E-state index in [1.54, 1.807) is 0 Å². The zero-order valence-corrected chi connectivity index (χ0v) is 10.5. The lowest BCUT2D eigenvalue weighted by Crippen LogP contribution is -1.75. The maximum Gasteiger partial charge on any atom is 0.0122 e. The molecule has 80 valence electrons. The monoisotopic (exact) mass is 218 g/mol. The standard InChI is InChI=1S/C14H18S/c1-4-6-7-13(5-2)15-14-10-8-12(3)9-11-14/h5-11H,4H2,1-3H3/b7-6-,13-5+. The van der Waals surface area contributed by atoms with Gasteiger partial charge in [-0.3, -0.25) is 0 Å². The maximum atomic E-state index is 2.19. The quantitative estimate of drug-likeness (QED) is 0.508. The van der Waals surface area contributed by atoms with Crippen molar-refractivity contribution in [1.82, 2.24) is 0 Å². The van der Waals surface area contributed by atoms with Crippen LogP contribution in [0.4, 0.5) is 0 Å². The van der Waals surface area contributed by atoms with Gasteiger partial charge in [-0.25, -0.2) is 0 Å². The highest BCUT2D eigenvalue weighted by Crippen LogP contribution is 2.27. The Bertz CT molecular complexity index is 344. The van der Waals surface area contributed by atoms with E-state index in [4.69, 9.17) is 0 Å². The second-order valence-electron chi connectivity index (χ2n) is 3.42. The zero-order chi connectivity index (χ0) is 11.1. The van der Waals surface area contributed by atoms with Crippen LogP contribution in [0.15, 0.2) is 52.3 Å². The summed E-state index contributed by atoms with van der Waals surface area (Å²) in [5, 5.41) is 0. The minimum atomic E-state index is 1.09. The van der Waals surface area contributed by atoms with Crippen LogP contribution in [0.25, 0.3) is 0 Å². The van der Waals surface area contributed by atoms with Gasteiger partial charge in [0.2, 0.25) is 0 Å². The number of hydrogen-bond donors (Lipinski definition) is 0. The Balaban J connectivity index is 2.67. The van der Waals surface area contributed by atoms with Crippen molar-refractivity contribution in [2.24, 2.45) is 0 Å². The average Bonchev–Trinajstić information content (AvgIpc) is 2.27. The van der Waals surface area contributed by atoms with E-state index in [0.29, 0.717) is 0 Å². The SMILES string of the molecule is C/C=C(\C=C/CC)Sc1ccc(C)cc1. The smallest absolute Gasteiger partial charge is 0.0122 e. The van der Waals surface area contributed by atoms with Crippen molar-refractivity contribution in [1.29, 1.82) is 0 Å².